The monoisotopic (exact) mass is 329 g/mol. The van der Waals surface area contributed by atoms with Gasteiger partial charge in [0.05, 0.1) is 0 Å². The third kappa shape index (κ3) is 3.28. The zero-order chi connectivity index (χ0) is 13.3. The molecule has 0 heterocycles. The molecule has 1 aliphatic rings. The fourth-order valence-corrected chi connectivity index (χ4v) is 4.28. The summed E-state index contributed by atoms with van der Waals surface area (Å²) in [5, 5.41) is 0.753. The number of hydrogen-bond donors (Lipinski definition) is 1. The van der Waals surface area contributed by atoms with E-state index in [0.717, 1.165) is 21.3 Å². The molecule has 3 atom stereocenters. The van der Waals surface area contributed by atoms with Gasteiger partial charge in [0.1, 0.15) is 0 Å². The van der Waals surface area contributed by atoms with Gasteiger partial charge in [-0.3, -0.25) is 0 Å². The fraction of sp³-hybridized carbons (Fsp3) is 0.600. The molecule has 0 amide bonds. The van der Waals surface area contributed by atoms with Crippen LogP contribution in [0.2, 0.25) is 5.02 Å². The molecule has 0 aliphatic heterocycles. The standard InChI is InChI=1S/C15H21BrClN/c1-9-5-10(2)7-11(6-9)15(18)13-4-3-12(17)8-14(13)16/h3-4,8-11,15H,5-7,18H2,1-2H3. The van der Waals surface area contributed by atoms with Crippen molar-refractivity contribution >= 4 is 27.5 Å². The van der Waals surface area contributed by atoms with Gasteiger partial charge in [-0.15, -0.1) is 0 Å². The van der Waals surface area contributed by atoms with Gasteiger partial charge in [0.25, 0.3) is 0 Å². The van der Waals surface area contributed by atoms with Gasteiger partial charge in [-0.2, -0.15) is 0 Å². The lowest BCUT2D eigenvalue weighted by Crippen LogP contribution is -2.29. The smallest absolute Gasteiger partial charge is 0.0417 e. The summed E-state index contributed by atoms with van der Waals surface area (Å²) in [6.07, 6.45) is 3.81. The topological polar surface area (TPSA) is 26.0 Å². The van der Waals surface area contributed by atoms with E-state index in [1.54, 1.807) is 0 Å². The molecule has 1 saturated carbocycles. The van der Waals surface area contributed by atoms with Crippen molar-refractivity contribution in [2.75, 3.05) is 0 Å². The van der Waals surface area contributed by atoms with Crippen molar-refractivity contribution in [3.05, 3.63) is 33.3 Å². The van der Waals surface area contributed by atoms with Crippen LogP contribution in [0.5, 0.6) is 0 Å². The van der Waals surface area contributed by atoms with Crippen molar-refractivity contribution in [2.45, 2.75) is 39.2 Å². The Bertz CT molecular complexity index is 411. The van der Waals surface area contributed by atoms with E-state index in [-0.39, 0.29) is 6.04 Å². The van der Waals surface area contributed by atoms with Crippen LogP contribution in [-0.2, 0) is 0 Å². The third-order valence-electron chi connectivity index (χ3n) is 4.04. The molecule has 1 aromatic rings. The average Bonchev–Trinajstić information content (AvgIpc) is 2.26. The molecule has 2 rings (SSSR count). The molecule has 1 aliphatic carbocycles. The fourth-order valence-electron chi connectivity index (χ4n) is 3.33. The molecule has 0 spiro atoms. The lowest BCUT2D eigenvalue weighted by Gasteiger charge is -2.35. The van der Waals surface area contributed by atoms with Gasteiger partial charge in [-0.05, 0) is 54.7 Å². The van der Waals surface area contributed by atoms with E-state index in [2.05, 4.69) is 35.8 Å². The molecule has 18 heavy (non-hydrogen) atoms. The Hall–Kier alpha value is -0.0500. The van der Waals surface area contributed by atoms with Crippen LogP contribution in [0.3, 0.4) is 0 Å². The number of benzene rings is 1. The summed E-state index contributed by atoms with van der Waals surface area (Å²) in [4.78, 5) is 0. The van der Waals surface area contributed by atoms with E-state index in [0.29, 0.717) is 5.92 Å². The number of nitrogens with two attached hydrogens (primary N) is 1. The highest BCUT2D eigenvalue weighted by molar-refractivity contribution is 9.10. The van der Waals surface area contributed by atoms with E-state index in [4.69, 9.17) is 17.3 Å². The molecule has 1 fully saturated rings. The van der Waals surface area contributed by atoms with Crippen molar-refractivity contribution in [2.24, 2.45) is 23.5 Å². The first kappa shape index (κ1) is 14.4. The van der Waals surface area contributed by atoms with Crippen LogP contribution in [0.1, 0.15) is 44.7 Å². The van der Waals surface area contributed by atoms with Crippen LogP contribution >= 0.6 is 27.5 Å². The van der Waals surface area contributed by atoms with E-state index < -0.39 is 0 Å². The lowest BCUT2D eigenvalue weighted by atomic mass is 9.72. The molecule has 2 N–H and O–H groups in total. The minimum atomic E-state index is 0.113. The minimum absolute atomic E-state index is 0.113. The Labute approximate surface area is 123 Å². The maximum absolute atomic E-state index is 6.47. The van der Waals surface area contributed by atoms with Crippen molar-refractivity contribution in [3.8, 4) is 0 Å². The second-order valence-electron chi connectivity index (χ2n) is 5.87. The minimum Gasteiger partial charge on any atom is -0.324 e. The van der Waals surface area contributed by atoms with E-state index in [1.165, 1.54) is 24.8 Å². The Balaban J connectivity index is 2.17. The second-order valence-corrected chi connectivity index (χ2v) is 7.16. The Morgan fingerprint density at radius 1 is 1.22 bits per heavy atom. The summed E-state index contributed by atoms with van der Waals surface area (Å²) in [5.41, 5.74) is 7.66. The molecule has 0 bridgehead atoms. The molecule has 3 heteroatoms. The maximum Gasteiger partial charge on any atom is 0.0417 e. The van der Waals surface area contributed by atoms with Crippen LogP contribution < -0.4 is 5.73 Å². The number of halogens is 2. The maximum atomic E-state index is 6.47. The summed E-state index contributed by atoms with van der Waals surface area (Å²) in [6, 6.07) is 6.03. The SMILES string of the molecule is CC1CC(C)CC(C(N)c2ccc(Cl)cc2Br)C1. The Morgan fingerprint density at radius 2 is 1.83 bits per heavy atom. The van der Waals surface area contributed by atoms with Gasteiger partial charge in [0.15, 0.2) is 0 Å². The summed E-state index contributed by atoms with van der Waals surface area (Å²) in [7, 11) is 0. The van der Waals surface area contributed by atoms with Crippen LogP contribution in [0.4, 0.5) is 0 Å². The van der Waals surface area contributed by atoms with E-state index in [1.807, 2.05) is 12.1 Å². The Morgan fingerprint density at radius 3 is 2.39 bits per heavy atom. The molecule has 1 nitrogen and oxygen atoms in total. The van der Waals surface area contributed by atoms with Crippen molar-refractivity contribution in [1.29, 1.82) is 0 Å². The van der Waals surface area contributed by atoms with Gasteiger partial charge in [-0.25, -0.2) is 0 Å². The zero-order valence-corrected chi connectivity index (χ0v) is 13.3. The van der Waals surface area contributed by atoms with Crippen LogP contribution in [0.15, 0.2) is 22.7 Å². The number of rotatable bonds is 2. The Kier molecular flexibility index (Phi) is 4.74. The molecule has 0 radical (unpaired) electrons. The van der Waals surface area contributed by atoms with Crippen LogP contribution in [0, 0.1) is 17.8 Å². The van der Waals surface area contributed by atoms with E-state index >= 15 is 0 Å². The molecular formula is C15H21BrClN. The summed E-state index contributed by atoms with van der Waals surface area (Å²) >= 11 is 9.56. The molecular weight excluding hydrogens is 310 g/mol. The highest BCUT2D eigenvalue weighted by Gasteiger charge is 2.29. The molecule has 0 aromatic heterocycles. The summed E-state index contributed by atoms with van der Waals surface area (Å²) in [5.74, 6) is 2.16. The highest BCUT2D eigenvalue weighted by Crippen LogP contribution is 2.40. The van der Waals surface area contributed by atoms with Crippen LogP contribution in [-0.4, -0.2) is 0 Å². The second kappa shape index (κ2) is 5.94. The summed E-state index contributed by atoms with van der Waals surface area (Å²) in [6.45, 7) is 4.68. The molecule has 0 saturated heterocycles. The molecule has 100 valence electrons. The van der Waals surface area contributed by atoms with Crippen molar-refractivity contribution < 1.29 is 0 Å². The zero-order valence-electron chi connectivity index (χ0n) is 11.0. The van der Waals surface area contributed by atoms with Gasteiger partial charge < -0.3 is 5.73 Å². The molecule has 3 unspecified atom stereocenters. The van der Waals surface area contributed by atoms with Crippen molar-refractivity contribution in [1.82, 2.24) is 0 Å². The predicted molar refractivity (Wildman–Crippen MR) is 81.7 cm³/mol. The molecule has 1 aromatic carbocycles. The average molecular weight is 331 g/mol. The lowest BCUT2D eigenvalue weighted by molar-refractivity contribution is 0.193. The predicted octanol–water partition coefficient (Wildman–Crippen LogP) is 5.17. The first-order valence-corrected chi connectivity index (χ1v) is 7.85. The third-order valence-corrected chi connectivity index (χ3v) is 4.97. The van der Waals surface area contributed by atoms with Crippen molar-refractivity contribution in [3.63, 3.8) is 0 Å². The van der Waals surface area contributed by atoms with E-state index in [9.17, 15) is 0 Å². The van der Waals surface area contributed by atoms with Gasteiger partial charge >= 0.3 is 0 Å². The first-order chi connectivity index (χ1) is 8.47. The van der Waals surface area contributed by atoms with Gasteiger partial charge in [0, 0.05) is 15.5 Å². The van der Waals surface area contributed by atoms with Gasteiger partial charge in [-0.1, -0.05) is 47.4 Å². The van der Waals surface area contributed by atoms with Gasteiger partial charge in [0.2, 0.25) is 0 Å². The van der Waals surface area contributed by atoms with Crippen LogP contribution in [0.25, 0.3) is 0 Å². The quantitative estimate of drug-likeness (QED) is 0.795. The highest BCUT2D eigenvalue weighted by atomic mass is 79.9. The first-order valence-electron chi connectivity index (χ1n) is 6.68. The summed E-state index contributed by atoms with van der Waals surface area (Å²) < 4.78 is 1.04. The number of hydrogen-bond acceptors (Lipinski definition) is 1. The largest absolute Gasteiger partial charge is 0.324 e. The normalized spacial score (nSPS) is 30.2.